The first kappa shape index (κ1) is 29.3. The summed E-state index contributed by atoms with van der Waals surface area (Å²) in [6, 6.07) is -0.0826. The van der Waals surface area contributed by atoms with Gasteiger partial charge in [0.25, 0.3) is 0 Å². The predicted octanol–water partition coefficient (Wildman–Crippen LogP) is 4.96. The van der Waals surface area contributed by atoms with E-state index >= 15 is 0 Å². The third kappa shape index (κ3) is 6.21. The molecule has 36 heavy (non-hydrogen) atoms. The minimum absolute atomic E-state index is 0.0352. The van der Waals surface area contributed by atoms with E-state index in [0.717, 1.165) is 0 Å². The highest BCUT2D eigenvalue weighted by Gasteiger charge is 2.48. The molecule has 4 aliphatic rings. The van der Waals surface area contributed by atoms with Gasteiger partial charge < -0.3 is 8.85 Å². The summed E-state index contributed by atoms with van der Waals surface area (Å²) in [4.78, 5) is 34.5. The molecule has 0 aliphatic carbocycles. The zero-order valence-corrected chi connectivity index (χ0v) is 25.8. The van der Waals surface area contributed by atoms with E-state index in [9.17, 15) is 9.59 Å². The normalized spacial score (nSPS) is 28.7. The molecule has 4 atom stereocenters. The molecule has 0 radical (unpaired) electrons. The predicted molar refractivity (Wildman–Crippen MR) is 145 cm³/mol. The Bertz CT molecular complexity index is 818. The maximum atomic E-state index is 11.9. The van der Waals surface area contributed by atoms with Crippen LogP contribution in [-0.4, -0.2) is 76.1 Å². The van der Waals surface area contributed by atoms with Crippen LogP contribution in [0.3, 0.4) is 0 Å². The van der Waals surface area contributed by atoms with Gasteiger partial charge in [-0.1, -0.05) is 65.8 Å². The standard InChI is InChI=1S/2C13H23NO3Si/c2*1-13(2,3)18(4,5)17-11-9-12(15)14-10(11)7-6-8-16-14/h2*6-7,10-11H,8-9H2,1-5H3/t2*10-,11+/m11/s1. The number of amides is 2. The van der Waals surface area contributed by atoms with E-state index < -0.39 is 16.6 Å². The van der Waals surface area contributed by atoms with Crippen LogP contribution in [-0.2, 0) is 28.1 Å². The zero-order chi connectivity index (χ0) is 27.1. The fourth-order valence-corrected chi connectivity index (χ4v) is 6.76. The number of hydrogen-bond acceptors (Lipinski definition) is 6. The van der Waals surface area contributed by atoms with Crippen LogP contribution in [0.5, 0.6) is 0 Å². The first-order chi connectivity index (χ1) is 16.4. The van der Waals surface area contributed by atoms with E-state index in [-0.39, 0.29) is 46.2 Å². The van der Waals surface area contributed by atoms with E-state index in [1.165, 1.54) is 10.1 Å². The Labute approximate surface area is 219 Å². The highest BCUT2D eigenvalue weighted by molar-refractivity contribution is 6.74. The monoisotopic (exact) mass is 538 g/mol. The van der Waals surface area contributed by atoms with Crippen LogP contribution in [0.2, 0.25) is 36.3 Å². The van der Waals surface area contributed by atoms with Gasteiger partial charge in [0.15, 0.2) is 16.6 Å². The number of hydroxylamine groups is 4. The first-order valence-electron chi connectivity index (χ1n) is 13.0. The molecule has 4 rings (SSSR count). The maximum absolute atomic E-state index is 11.9. The summed E-state index contributed by atoms with van der Waals surface area (Å²) in [6.07, 6.45) is 8.73. The number of nitrogens with zero attached hydrogens (tertiary/aromatic N) is 2. The Kier molecular flexibility index (Phi) is 8.49. The highest BCUT2D eigenvalue weighted by atomic mass is 28.4. The second-order valence-corrected chi connectivity index (χ2v) is 22.6. The Morgan fingerprint density at radius 1 is 0.722 bits per heavy atom. The molecule has 0 N–H and O–H groups in total. The highest BCUT2D eigenvalue weighted by Crippen LogP contribution is 2.41. The Hall–Kier alpha value is -1.31. The molecular weight excluding hydrogens is 492 g/mol. The van der Waals surface area contributed by atoms with Gasteiger partial charge in [0.05, 0.1) is 38.3 Å². The van der Waals surface area contributed by atoms with Crippen LogP contribution in [0, 0.1) is 0 Å². The van der Waals surface area contributed by atoms with Gasteiger partial charge >= 0.3 is 0 Å². The first-order valence-corrected chi connectivity index (χ1v) is 18.9. The third-order valence-electron chi connectivity index (χ3n) is 8.34. The quantitative estimate of drug-likeness (QED) is 0.372. The lowest BCUT2D eigenvalue weighted by atomic mass is 10.1. The maximum Gasteiger partial charge on any atom is 0.249 e. The van der Waals surface area contributed by atoms with E-state index in [4.69, 9.17) is 18.5 Å². The molecule has 0 aromatic rings. The van der Waals surface area contributed by atoms with Crippen LogP contribution in [0.25, 0.3) is 0 Å². The van der Waals surface area contributed by atoms with Crippen molar-refractivity contribution < 1.29 is 28.1 Å². The summed E-state index contributed by atoms with van der Waals surface area (Å²) in [6.45, 7) is 23.1. The average molecular weight is 539 g/mol. The smallest absolute Gasteiger partial charge is 0.249 e. The van der Waals surface area contributed by atoms with Crippen LogP contribution in [0.1, 0.15) is 54.4 Å². The zero-order valence-electron chi connectivity index (χ0n) is 23.8. The molecule has 204 valence electrons. The van der Waals surface area contributed by atoms with Crippen molar-refractivity contribution in [1.82, 2.24) is 10.1 Å². The van der Waals surface area contributed by atoms with E-state index in [1.54, 1.807) is 0 Å². The summed E-state index contributed by atoms with van der Waals surface area (Å²) in [5.74, 6) is 0.0705. The number of hydrogen-bond donors (Lipinski definition) is 0. The van der Waals surface area contributed by atoms with Crippen molar-refractivity contribution in [1.29, 1.82) is 0 Å². The van der Waals surface area contributed by atoms with E-state index in [2.05, 4.69) is 67.7 Å². The van der Waals surface area contributed by atoms with Crippen molar-refractivity contribution in [3.05, 3.63) is 24.3 Å². The van der Waals surface area contributed by atoms with Crippen molar-refractivity contribution >= 4 is 28.4 Å². The molecule has 0 spiro atoms. The molecule has 0 saturated carbocycles. The lowest BCUT2D eigenvalue weighted by Gasteiger charge is -2.39. The number of carbonyl (C=O) groups excluding carboxylic acids is 2. The molecule has 4 heterocycles. The van der Waals surface area contributed by atoms with Crippen LogP contribution in [0.15, 0.2) is 24.3 Å². The SMILES string of the molecule is CC(C)(C)[Si](C)(C)O[C@H]1CC(=O)N2OCC=C[C@H]12.CC(C)(C)[Si](C)(C)O[C@H]1CC(=O)N2OCC=C[C@H]12. The van der Waals surface area contributed by atoms with Gasteiger partial charge in [-0.05, 0) is 36.3 Å². The van der Waals surface area contributed by atoms with Gasteiger partial charge in [0.2, 0.25) is 11.8 Å². The lowest BCUT2D eigenvalue weighted by Crippen LogP contribution is -2.47. The largest absolute Gasteiger partial charge is 0.411 e. The van der Waals surface area contributed by atoms with Gasteiger partial charge in [-0.15, -0.1) is 0 Å². The third-order valence-corrected chi connectivity index (χ3v) is 17.3. The number of fused-ring (bicyclic) bond motifs is 2. The summed E-state index contributed by atoms with van der Waals surface area (Å²) in [5, 5.41) is 3.28. The Balaban J connectivity index is 0.000000201. The summed E-state index contributed by atoms with van der Waals surface area (Å²) >= 11 is 0. The second kappa shape index (κ2) is 10.5. The molecule has 2 amide bonds. The lowest BCUT2D eigenvalue weighted by molar-refractivity contribution is -0.185. The molecule has 0 aromatic heterocycles. The van der Waals surface area contributed by atoms with E-state index in [1.807, 2.05) is 24.3 Å². The number of carbonyl (C=O) groups is 2. The summed E-state index contributed by atoms with van der Waals surface area (Å²) in [5.41, 5.74) is 0. The average Bonchev–Trinajstić information content (AvgIpc) is 3.23. The van der Waals surface area contributed by atoms with Crippen molar-refractivity contribution in [3.8, 4) is 0 Å². The van der Waals surface area contributed by atoms with Crippen LogP contribution in [0.4, 0.5) is 0 Å². The molecular formula is C26H46N2O6Si2. The van der Waals surface area contributed by atoms with Crippen molar-refractivity contribution in [2.45, 2.75) is 115 Å². The van der Waals surface area contributed by atoms with Gasteiger partial charge in [-0.3, -0.25) is 19.3 Å². The minimum atomic E-state index is -1.84. The van der Waals surface area contributed by atoms with Crippen molar-refractivity contribution in [2.24, 2.45) is 0 Å². The summed E-state index contributed by atoms with van der Waals surface area (Å²) < 4.78 is 12.7. The molecule has 0 unspecified atom stereocenters. The topological polar surface area (TPSA) is 77.5 Å². The van der Waals surface area contributed by atoms with E-state index in [0.29, 0.717) is 26.1 Å². The molecule has 8 nitrogen and oxygen atoms in total. The van der Waals surface area contributed by atoms with Crippen molar-refractivity contribution in [3.63, 3.8) is 0 Å². The Morgan fingerprint density at radius 3 is 1.36 bits per heavy atom. The van der Waals surface area contributed by atoms with Crippen molar-refractivity contribution in [2.75, 3.05) is 13.2 Å². The second-order valence-electron chi connectivity index (χ2n) is 13.1. The summed E-state index contributed by atoms with van der Waals surface area (Å²) in [7, 11) is -3.69. The molecule has 2 saturated heterocycles. The molecule has 0 aromatic carbocycles. The van der Waals surface area contributed by atoms with Crippen LogP contribution >= 0.6 is 0 Å². The molecule has 0 bridgehead atoms. The minimum Gasteiger partial charge on any atom is -0.411 e. The van der Waals surface area contributed by atoms with Crippen LogP contribution < -0.4 is 0 Å². The Morgan fingerprint density at radius 2 is 1.06 bits per heavy atom. The van der Waals surface area contributed by atoms with Gasteiger partial charge in [-0.2, -0.15) is 0 Å². The molecule has 2 fully saturated rings. The van der Waals surface area contributed by atoms with Gasteiger partial charge in [0.1, 0.15) is 12.1 Å². The van der Waals surface area contributed by atoms with Gasteiger partial charge in [-0.25, -0.2) is 10.1 Å². The fourth-order valence-electron chi connectivity index (χ4n) is 4.09. The molecule has 10 heteroatoms. The number of rotatable bonds is 4. The molecule has 4 aliphatic heterocycles. The fraction of sp³-hybridized carbons (Fsp3) is 0.769. The van der Waals surface area contributed by atoms with Gasteiger partial charge in [0, 0.05) is 0 Å².